The molecular formula is C21H23N3O9S. The van der Waals surface area contributed by atoms with Crippen LogP contribution < -0.4 is 10.7 Å². The second kappa shape index (κ2) is 10.4. The SMILES string of the molecule is COC(=O)C1=CC(C)(N/N=C(/C(C)=O)C(=O)Nc2cccc(S(=O)(=O)O)c2)C(C(=O)OC)C=C1. The van der Waals surface area contributed by atoms with Gasteiger partial charge >= 0.3 is 11.9 Å². The van der Waals surface area contributed by atoms with Gasteiger partial charge in [-0.05, 0) is 31.2 Å². The highest BCUT2D eigenvalue weighted by Gasteiger charge is 2.40. The average molecular weight is 493 g/mol. The number of nitrogens with one attached hydrogen (secondary N) is 2. The molecule has 0 aliphatic heterocycles. The van der Waals surface area contributed by atoms with Crippen molar-refractivity contribution >= 4 is 45.1 Å². The van der Waals surface area contributed by atoms with Crippen molar-refractivity contribution in [3.63, 3.8) is 0 Å². The second-order valence-electron chi connectivity index (χ2n) is 7.32. The van der Waals surface area contributed by atoms with Gasteiger partial charge in [0.1, 0.15) is 5.92 Å². The van der Waals surface area contributed by atoms with E-state index in [0.717, 1.165) is 19.1 Å². The van der Waals surface area contributed by atoms with Crippen molar-refractivity contribution in [2.24, 2.45) is 11.0 Å². The Hall–Kier alpha value is -3.84. The number of Topliss-reactive ketones (excluding diaryl/α,β-unsaturated/α-hetero) is 1. The predicted octanol–water partition coefficient (Wildman–Crippen LogP) is 0.624. The Morgan fingerprint density at radius 3 is 2.38 bits per heavy atom. The van der Waals surface area contributed by atoms with Gasteiger partial charge in [0.25, 0.3) is 16.0 Å². The molecule has 0 fully saturated rings. The van der Waals surface area contributed by atoms with E-state index in [9.17, 15) is 27.6 Å². The number of rotatable bonds is 8. The van der Waals surface area contributed by atoms with Crippen molar-refractivity contribution in [3.8, 4) is 0 Å². The lowest BCUT2D eigenvalue weighted by Crippen LogP contribution is -2.50. The smallest absolute Gasteiger partial charge is 0.337 e. The predicted molar refractivity (Wildman–Crippen MR) is 119 cm³/mol. The van der Waals surface area contributed by atoms with Crippen LogP contribution >= 0.6 is 0 Å². The fraction of sp³-hybridized carbons (Fsp3) is 0.286. The first-order valence-corrected chi connectivity index (χ1v) is 11.1. The highest BCUT2D eigenvalue weighted by molar-refractivity contribution is 7.85. The minimum Gasteiger partial charge on any atom is -0.468 e. The van der Waals surface area contributed by atoms with E-state index in [1.807, 2.05) is 0 Å². The summed E-state index contributed by atoms with van der Waals surface area (Å²) in [5, 5.41) is 6.19. The van der Waals surface area contributed by atoms with Crippen LogP contribution in [0.2, 0.25) is 0 Å². The van der Waals surface area contributed by atoms with Crippen LogP contribution in [-0.4, -0.2) is 62.1 Å². The maximum absolute atomic E-state index is 12.7. The zero-order valence-corrected chi connectivity index (χ0v) is 19.5. The van der Waals surface area contributed by atoms with E-state index >= 15 is 0 Å². The van der Waals surface area contributed by atoms with Gasteiger partial charge in [0, 0.05) is 12.6 Å². The van der Waals surface area contributed by atoms with Gasteiger partial charge in [-0.2, -0.15) is 13.5 Å². The van der Waals surface area contributed by atoms with Gasteiger partial charge < -0.3 is 14.8 Å². The third kappa shape index (κ3) is 6.14. The largest absolute Gasteiger partial charge is 0.468 e. The fourth-order valence-corrected chi connectivity index (χ4v) is 3.57. The quantitative estimate of drug-likeness (QED) is 0.153. The van der Waals surface area contributed by atoms with Gasteiger partial charge in [-0.25, -0.2) is 4.79 Å². The number of ether oxygens (including phenoxy) is 2. The number of anilines is 1. The maximum Gasteiger partial charge on any atom is 0.337 e. The highest BCUT2D eigenvalue weighted by Crippen LogP contribution is 2.29. The Morgan fingerprint density at radius 2 is 1.82 bits per heavy atom. The number of nitrogens with zero attached hydrogens (tertiary/aromatic N) is 1. The van der Waals surface area contributed by atoms with Gasteiger partial charge in [0.05, 0.1) is 30.2 Å². The summed E-state index contributed by atoms with van der Waals surface area (Å²) in [6, 6.07) is 4.72. The van der Waals surface area contributed by atoms with Crippen LogP contribution in [-0.2, 0) is 38.8 Å². The van der Waals surface area contributed by atoms with Crippen molar-refractivity contribution in [3.05, 3.63) is 48.1 Å². The Kier molecular flexibility index (Phi) is 8.08. The van der Waals surface area contributed by atoms with Gasteiger partial charge in [-0.1, -0.05) is 18.2 Å². The summed E-state index contributed by atoms with van der Waals surface area (Å²) >= 11 is 0. The van der Waals surface area contributed by atoms with Crippen LogP contribution in [0.25, 0.3) is 0 Å². The number of benzene rings is 1. The van der Waals surface area contributed by atoms with E-state index in [-0.39, 0.29) is 11.3 Å². The van der Waals surface area contributed by atoms with Crippen LogP contribution in [0.3, 0.4) is 0 Å². The van der Waals surface area contributed by atoms with E-state index in [0.29, 0.717) is 0 Å². The normalized spacial score (nSPS) is 20.1. The molecule has 0 radical (unpaired) electrons. The molecule has 12 nitrogen and oxygen atoms in total. The Balaban J connectivity index is 2.38. The van der Waals surface area contributed by atoms with Crippen molar-refractivity contribution in [1.82, 2.24) is 5.43 Å². The second-order valence-corrected chi connectivity index (χ2v) is 8.74. The third-order valence-corrected chi connectivity index (χ3v) is 5.64. The minimum atomic E-state index is -4.52. The number of amides is 1. The van der Waals surface area contributed by atoms with E-state index in [1.54, 1.807) is 0 Å². The molecule has 2 rings (SSSR count). The van der Waals surface area contributed by atoms with Gasteiger partial charge in [0.2, 0.25) is 0 Å². The standard InChI is InChI=1S/C21H23N3O9S/c1-12(25)17(18(26)22-14-6-5-7-15(10-14)34(29,30)31)23-24-21(2)11-13(19(27)32-3)8-9-16(21)20(28)33-4/h5-11,16,24H,1-4H3,(H,22,26)(H,29,30,31)/b23-17-. The molecule has 2 atom stereocenters. The molecule has 1 aromatic rings. The summed E-state index contributed by atoms with van der Waals surface area (Å²) in [4.78, 5) is 48.5. The molecule has 1 aromatic carbocycles. The number of methoxy groups -OCH3 is 2. The van der Waals surface area contributed by atoms with Crippen LogP contribution in [0.1, 0.15) is 13.8 Å². The molecule has 0 saturated heterocycles. The number of ketones is 1. The summed E-state index contributed by atoms with van der Waals surface area (Å²) in [5.74, 6) is -4.07. The number of carbonyl (C=O) groups excluding carboxylic acids is 4. The number of esters is 2. The van der Waals surface area contributed by atoms with Crippen molar-refractivity contribution in [2.75, 3.05) is 19.5 Å². The summed E-state index contributed by atoms with van der Waals surface area (Å²) in [6.45, 7) is 2.57. The zero-order chi connectivity index (χ0) is 25.7. The van der Waals surface area contributed by atoms with Crippen LogP contribution in [0.4, 0.5) is 5.69 Å². The summed E-state index contributed by atoms with van der Waals surface area (Å²) in [7, 11) is -2.16. The third-order valence-electron chi connectivity index (χ3n) is 4.79. The van der Waals surface area contributed by atoms with E-state index < -0.39 is 55.8 Å². The Labute approximate surface area is 195 Å². The summed E-state index contributed by atoms with van der Waals surface area (Å²) < 4.78 is 41.2. The Morgan fingerprint density at radius 1 is 1.15 bits per heavy atom. The molecular weight excluding hydrogens is 470 g/mol. The lowest BCUT2D eigenvalue weighted by atomic mass is 9.80. The van der Waals surface area contributed by atoms with Crippen LogP contribution in [0.15, 0.2) is 58.1 Å². The fourth-order valence-electron chi connectivity index (χ4n) is 3.05. The average Bonchev–Trinajstić information content (AvgIpc) is 2.77. The first kappa shape index (κ1) is 26.4. The lowest BCUT2D eigenvalue weighted by Gasteiger charge is -2.34. The summed E-state index contributed by atoms with van der Waals surface area (Å²) in [6.07, 6.45) is 4.13. The van der Waals surface area contributed by atoms with Gasteiger partial charge in [-0.3, -0.25) is 24.4 Å². The van der Waals surface area contributed by atoms with Crippen LogP contribution in [0.5, 0.6) is 0 Å². The molecule has 13 heteroatoms. The first-order valence-electron chi connectivity index (χ1n) is 9.64. The van der Waals surface area contributed by atoms with Crippen molar-refractivity contribution < 1.29 is 41.6 Å². The molecule has 0 saturated carbocycles. The molecule has 2 unspecified atom stereocenters. The topological polar surface area (TPSA) is 178 Å². The molecule has 34 heavy (non-hydrogen) atoms. The van der Waals surface area contributed by atoms with E-state index in [4.69, 9.17) is 9.29 Å². The molecule has 1 amide bonds. The molecule has 1 aliphatic rings. The lowest BCUT2D eigenvalue weighted by molar-refractivity contribution is -0.145. The number of hydrazone groups is 1. The molecule has 1 aliphatic carbocycles. The van der Waals surface area contributed by atoms with E-state index in [1.165, 1.54) is 51.5 Å². The van der Waals surface area contributed by atoms with Gasteiger partial charge in [-0.15, -0.1) is 0 Å². The molecule has 0 spiro atoms. The molecule has 0 heterocycles. The monoisotopic (exact) mass is 493 g/mol. The maximum atomic E-state index is 12.7. The highest BCUT2D eigenvalue weighted by atomic mass is 32.2. The molecule has 182 valence electrons. The zero-order valence-electron chi connectivity index (χ0n) is 18.7. The van der Waals surface area contributed by atoms with Crippen LogP contribution in [0, 0.1) is 5.92 Å². The molecule has 0 aromatic heterocycles. The number of carbonyl (C=O) groups is 4. The Bertz CT molecular complexity index is 1220. The van der Waals surface area contributed by atoms with Gasteiger partial charge in [0.15, 0.2) is 11.5 Å². The minimum absolute atomic E-state index is 0.0267. The number of hydrogen-bond donors (Lipinski definition) is 3. The summed E-state index contributed by atoms with van der Waals surface area (Å²) in [5.41, 5.74) is 0.666. The van der Waals surface area contributed by atoms with Crippen molar-refractivity contribution in [1.29, 1.82) is 0 Å². The van der Waals surface area contributed by atoms with E-state index in [2.05, 4.69) is 20.6 Å². The van der Waals surface area contributed by atoms with Crippen molar-refractivity contribution in [2.45, 2.75) is 24.3 Å². The molecule has 0 bridgehead atoms. The molecule has 3 N–H and O–H groups in total. The number of hydrogen-bond acceptors (Lipinski definition) is 10. The first-order chi connectivity index (χ1) is 15.8.